The summed E-state index contributed by atoms with van der Waals surface area (Å²) in [5, 5.41) is 15.6. The van der Waals surface area contributed by atoms with Gasteiger partial charge in [-0.1, -0.05) is 13.8 Å². The summed E-state index contributed by atoms with van der Waals surface area (Å²) in [6.45, 7) is 7.73. The maximum Gasteiger partial charge on any atom is 0.274 e. The summed E-state index contributed by atoms with van der Waals surface area (Å²) in [4.78, 5) is 14.5. The quantitative estimate of drug-likeness (QED) is 0.930. The van der Waals surface area contributed by atoms with Crippen molar-refractivity contribution >= 4 is 5.91 Å². The molecule has 2 aliphatic rings. The fraction of sp³-hybridized carbons (Fsp3) is 0.625. The lowest BCUT2D eigenvalue weighted by Gasteiger charge is -2.18. The third-order valence-electron chi connectivity index (χ3n) is 5.34. The number of amides is 1. The molecule has 122 valence electrons. The van der Waals surface area contributed by atoms with Crippen LogP contribution in [0.2, 0.25) is 0 Å². The van der Waals surface area contributed by atoms with Gasteiger partial charge >= 0.3 is 0 Å². The zero-order chi connectivity index (χ0) is 16.3. The van der Waals surface area contributed by atoms with Gasteiger partial charge in [0, 0.05) is 31.7 Å². The normalized spacial score (nSPS) is 26.0. The van der Waals surface area contributed by atoms with Gasteiger partial charge in [0.2, 0.25) is 0 Å². The molecule has 23 heavy (non-hydrogen) atoms. The Balaban J connectivity index is 1.43. The maximum absolute atomic E-state index is 12.6. The molecular weight excluding hydrogens is 292 g/mol. The van der Waals surface area contributed by atoms with Crippen molar-refractivity contribution in [3.05, 3.63) is 29.1 Å². The van der Waals surface area contributed by atoms with Crippen LogP contribution in [0.5, 0.6) is 0 Å². The number of hydrogen-bond acceptors (Lipinski definition) is 4. The van der Waals surface area contributed by atoms with Crippen molar-refractivity contribution in [2.75, 3.05) is 13.1 Å². The SMILES string of the molecule is Cc1nnc(C2C3CN(C(=O)c4cc(C(C)C)[nH]n4)CC32)n1C. The predicted octanol–water partition coefficient (Wildman–Crippen LogP) is 1.46. The van der Waals surface area contributed by atoms with Crippen molar-refractivity contribution in [1.29, 1.82) is 0 Å². The van der Waals surface area contributed by atoms with Gasteiger partial charge in [0.25, 0.3) is 5.91 Å². The number of carbonyl (C=O) groups is 1. The third-order valence-corrected chi connectivity index (χ3v) is 5.34. The molecule has 0 bridgehead atoms. The molecule has 2 atom stereocenters. The summed E-state index contributed by atoms with van der Waals surface area (Å²) in [6, 6.07) is 1.88. The van der Waals surface area contributed by atoms with Crippen LogP contribution in [0.3, 0.4) is 0 Å². The highest BCUT2D eigenvalue weighted by Gasteiger charge is 2.59. The molecule has 7 heteroatoms. The maximum atomic E-state index is 12.6. The van der Waals surface area contributed by atoms with E-state index in [1.807, 2.05) is 24.9 Å². The highest BCUT2D eigenvalue weighted by Crippen LogP contribution is 2.57. The number of likely N-dealkylation sites (tertiary alicyclic amines) is 1. The van der Waals surface area contributed by atoms with Crippen LogP contribution in [0.1, 0.15) is 53.5 Å². The Hall–Kier alpha value is -2.18. The molecule has 7 nitrogen and oxygen atoms in total. The molecule has 1 aliphatic carbocycles. The predicted molar refractivity (Wildman–Crippen MR) is 84.0 cm³/mol. The van der Waals surface area contributed by atoms with Gasteiger partial charge in [-0.15, -0.1) is 10.2 Å². The van der Waals surface area contributed by atoms with Gasteiger partial charge < -0.3 is 9.47 Å². The molecule has 1 N–H and O–H groups in total. The molecule has 1 saturated carbocycles. The van der Waals surface area contributed by atoms with Crippen LogP contribution >= 0.6 is 0 Å². The monoisotopic (exact) mass is 314 g/mol. The smallest absolute Gasteiger partial charge is 0.274 e. The summed E-state index contributed by atoms with van der Waals surface area (Å²) in [5.41, 5.74) is 1.53. The zero-order valence-electron chi connectivity index (χ0n) is 13.9. The first-order chi connectivity index (χ1) is 11.0. The second kappa shape index (κ2) is 4.91. The highest BCUT2D eigenvalue weighted by atomic mass is 16.2. The number of nitrogens with zero attached hydrogens (tertiary/aromatic N) is 5. The van der Waals surface area contributed by atoms with E-state index in [4.69, 9.17) is 0 Å². The third kappa shape index (κ3) is 2.17. The van der Waals surface area contributed by atoms with Crippen molar-refractivity contribution in [2.24, 2.45) is 18.9 Å². The van der Waals surface area contributed by atoms with Crippen molar-refractivity contribution in [1.82, 2.24) is 29.9 Å². The van der Waals surface area contributed by atoms with Crippen molar-refractivity contribution in [3.63, 3.8) is 0 Å². The van der Waals surface area contributed by atoms with Gasteiger partial charge in [-0.2, -0.15) is 5.10 Å². The summed E-state index contributed by atoms with van der Waals surface area (Å²) in [7, 11) is 2.01. The number of fused-ring (bicyclic) bond motifs is 1. The summed E-state index contributed by atoms with van der Waals surface area (Å²) < 4.78 is 2.07. The lowest BCUT2D eigenvalue weighted by molar-refractivity contribution is 0.0766. The Bertz CT molecular complexity index is 748. The summed E-state index contributed by atoms with van der Waals surface area (Å²) in [6.07, 6.45) is 0. The minimum Gasteiger partial charge on any atom is -0.337 e. The molecule has 1 aliphatic heterocycles. The van der Waals surface area contributed by atoms with Gasteiger partial charge in [0.05, 0.1) is 0 Å². The van der Waals surface area contributed by atoms with Crippen LogP contribution in [0.4, 0.5) is 0 Å². The first-order valence-electron chi connectivity index (χ1n) is 8.17. The number of aromatic amines is 1. The van der Waals surface area contributed by atoms with Crippen LogP contribution in [0.25, 0.3) is 0 Å². The van der Waals surface area contributed by atoms with Crippen LogP contribution in [0, 0.1) is 18.8 Å². The van der Waals surface area contributed by atoms with Crippen molar-refractivity contribution in [2.45, 2.75) is 32.6 Å². The Morgan fingerprint density at radius 1 is 1.30 bits per heavy atom. The fourth-order valence-electron chi connectivity index (χ4n) is 3.69. The van der Waals surface area contributed by atoms with E-state index in [1.165, 1.54) is 0 Å². The van der Waals surface area contributed by atoms with E-state index in [1.54, 1.807) is 0 Å². The zero-order valence-corrected chi connectivity index (χ0v) is 13.9. The molecule has 4 rings (SSSR count). The van der Waals surface area contributed by atoms with E-state index in [0.29, 0.717) is 29.4 Å². The molecule has 2 unspecified atom stereocenters. The number of piperidine rings is 1. The molecule has 3 heterocycles. The molecule has 2 aromatic heterocycles. The highest BCUT2D eigenvalue weighted by molar-refractivity contribution is 5.92. The van der Waals surface area contributed by atoms with Gasteiger partial charge in [0.15, 0.2) is 0 Å². The van der Waals surface area contributed by atoms with E-state index >= 15 is 0 Å². The molecule has 0 aromatic carbocycles. The number of hydrogen-bond donors (Lipinski definition) is 1. The number of aromatic nitrogens is 5. The number of aryl methyl sites for hydroxylation is 1. The fourth-order valence-corrected chi connectivity index (χ4v) is 3.69. The largest absolute Gasteiger partial charge is 0.337 e. The van der Waals surface area contributed by atoms with Crippen molar-refractivity contribution in [3.8, 4) is 0 Å². The van der Waals surface area contributed by atoms with E-state index < -0.39 is 0 Å². The topological polar surface area (TPSA) is 79.7 Å². The Kier molecular flexibility index (Phi) is 3.08. The van der Waals surface area contributed by atoms with Gasteiger partial charge in [-0.25, -0.2) is 0 Å². The summed E-state index contributed by atoms with van der Waals surface area (Å²) in [5.74, 6) is 3.88. The lowest BCUT2D eigenvalue weighted by atomic mass is 10.1. The number of carbonyl (C=O) groups excluding carboxylic acids is 1. The Morgan fingerprint density at radius 3 is 2.52 bits per heavy atom. The molecule has 0 spiro atoms. The first-order valence-corrected chi connectivity index (χ1v) is 8.17. The second-order valence-electron chi connectivity index (χ2n) is 7.09. The van der Waals surface area contributed by atoms with Crippen LogP contribution in [0.15, 0.2) is 6.07 Å². The Morgan fingerprint density at radius 2 is 2.00 bits per heavy atom. The van der Waals surface area contributed by atoms with E-state index in [0.717, 1.165) is 30.4 Å². The number of H-pyrrole nitrogens is 1. The molecule has 2 fully saturated rings. The first kappa shape index (κ1) is 14.4. The summed E-state index contributed by atoms with van der Waals surface area (Å²) >= 11 is 0. The van der Waals surface area contributed by atoms with Crippen LogP contribution < -0.4 is 0 Å². The number of nitrogens with one attached hydrogen (secondary N) is 1. The van der Waals surface area contributed by atoms with E-state index in [9.17, 15) is 4.79 Å². The van der Waals surface area contributed by atoms with Gasteiger partial charge in [-0.05, 0) is 30.7 Å². The lowest BCUT2D eigenvalue weighted by Crippen LogP contribution is -2.31. The Labute approximate surface area is 135 Å². The molecular formula is C16H22N6O. The van der Waals surface area contributed by atoms with Crippen LogP contribution in [-0.4, -0.2) is 48.9 Å². The average Bonchev–Trinajstić information content (AvgIpc) is 3.00. The number of rotatable bonds is 3. The molecule has 2 aromatic rings. The van der Waals surface area contributed by atoms with Crippen molar-refractivity contribution < 1.29 is 4.79 Å². The minimum atomic E-state index is 0.0354. The molecule has 0 radical (unpaired) electrons. The van der Waals surface area contributed by atoms with Gasteiger partial charge in [0.1, 0.15) is 17.3 Å². The molecule has 1 amide bonds. The molecule has 1 saturated heterocycles. The average molecular weight is 314 g/mol. The standard InChI is InChI=1S/C16H22N6O/c1-8(2)12-5-13(19-18-12)16(23)22-6-10-11(7-22)14(10)15-20-17-9(3)21(15)4/h5,8,10-11,14H,6-7H2,1-4H3,(H,18,19). The van der Waals surface area contributed by atoms with Crippen LogP contribution in [-0.2, 0) is 7.05 Å². The second-order valence-corrected chi connectivity index (χ2v) is 7.09. The van der Waals surface area contributed by atoms with Gasteiger partial charge in [-0.3, -0.25) is 9.89 Å². The van der Waals surface area contributed by atoms with E-state index in [-0.39, 0.29) is 5.91 Å². The van der Waals surface area contributed by atoms with E-state index in [2.05, 4.69) is 38.8 Å². The minimum absolute atomic E-state index is 0.0354.